The normalized spacial score (nSPS) is 21.4. The second-order valence-electron chi connectivity index (χ2n) is 3.78. The molecule has 1 fully saturated rings. The van der Waals surface area contributed by atoms with Gasteiger partial charge in [-0.3, -0.25) is 0 Å². The molecule has 1 aromatic carbocycles. The minimum Gasteiger partial charge on any atom is -0.507 e. The lowest BCUT2D eigenvalue weighted by Gasteiger charge is -2.16. The first-order valence-corrected chi connectivity index (χ1v) is 5.71. The van der Waals surface area contributed by atoms with Gasteiger partial charge in [0.2, 0.25) is 0 Å². The molecule has 0 radical (unpaired) electrons. The summed E-state index contributed by atoms with van der Waals surface area (Å²) in [7, 11) is 0. The fourth-order valence-corrected chi connectivity index (χ4v) is 2.55. The highest BCUT2D eigenvalue weighted by Gasteiger charge is 2.22. The molecule has 0 unspecified atom stereocenters. The molecule has 0 amide bonds. The average Bonchev–Trinajstić information content (AvgIpc) is 2.65. The van der Waals surface area contributed by atoms with Crippen LogP contribution in [-0.4, -0.2) is 11.7 Å². The summed E-state index contributed by atoms with van der Waals surface area (Å²) in [5, 5.41) is 13.4. The van der Waals surface area contributed by atoms with Gasteiger partial charge in [0, 0.05) is 16.1 Å². The second kappa shape index (κ2) is 3.91. The lowest BCUT2D eigenvalue weighted by molar-refractivity contribution is 0.452. The van der Waals surface area contributed by atoms with Crippen LogP contribution in [-0.2, 0) is 0 Å². The van der Waals surface area contributed by atoms with E-state index in [4.69, 9.17) is 0 Å². The number of benzene rings is 1. The van der Waals surface area contributed by atoms with Crippen LogP contribution in [0.5, 0.6) is 5.75 Å². The molecule has 1 atom stereocenters. The van der Waals surface area contributed by atoms with E-state index in [1.165, 1.54) is 6.42 Å². The topological polar surface area (TPSA) is 32.3 Å². The molecule has 1 aromatic rings. The van der Waals surface area contributed by atoms with Crippen molar-refractivity contribution in [3.8, 4) is 5.75 Å². The molecule has 1 heterocycles. The average molecular weight is 256 g/mol. The van der Waals surface area contributed by atoms with Crippen molar-refractivity contribution in [1.29, 1.82) is 0 Å². The Labute approximate surface area is 92.5 Å². The quantitative estimate of drug-likeness (QED) is 0.809. The van der Waals surface area contributed by atoms with Crippen LogP contribution in [0.15, 0.2) is 16.6 Å². The van der Waals surface area contributed by atoms with Crippen LogP contribution in [0.4, 0.5) is 0 Å². The summed E-state index contributed by atoms with van der Waals surface area (Å²) in [6, 6.07) is 4.24. The molecule has 1 aliphatic rings. The first-order valence-electron chi connectivity index (χ1n) is 4.91. The van der Waals surface area contributed by atoms with Gasteiger partial charge in [-0.25, -0.2) is 0 Å². The van der Waals surface area contributed by atoms with Crippen molar-refractivity contribution in [3.63, 3.8) is 0 Å². The van der Waals surface area contributed by atoms with Gasteiger partial charge in [-0.1, -0.05) is 22.0 Å². The van der Waals surface area contributed by atoms with Gasteiger partial charge in [-0.05, 0) is 37.9 Å². The van der Waals surface area contributed by atoms with Gasteiger partial charge >= 0.3 is 0 Å². The molecule has 0 spiro atoms. The Balaban J connectivity index is 2.44. The predicted octanol–water partition coefficient (Wildman–Crippen LogP) is 2.89. The Bertz CT molecular complexity index is 345. The van der Waals surface area contributed by atoms with E-state index in [1.807, 2.05) is 19.1 Å². The maximum absolute atomic E-state index is 9.97. The van der Waals surface area contributed by atoms with Crippen LogP contribution in [0.3, 0.4) is 0 Å². The van der Waals surface area contributed by atoms with E-state index in [-0.39, 0.29) is 0 Å². The van der Waals surface area contributed by atoms with E-state index in [0.29, 0.717) is 11.8 Å². The number of hydrogen-bond acceptors (Lipinski definition) is 2. The Morgan fingerprint density at radius 1 is 1.50 bits per heavy atom. The molecule has 3 heteroatoms. The van der Waals surface area contributed by atoms with Gasteiger partial charge in [-0.15, -0.1) is 0 Å². The fourth-order valence-electron chi connectivity index (χ4n) is 1.95. The molecule has 14 heavy (non-hydrogen) atoms. The van der Waals surface area contributed by atoms with E-state index in [2.05, 4.69) is 21.2 Å². The first-order chi connectivity index (χ1) is 6.70. The molecule has 0 bridgehead atoms. The van der Waals surface area contributed by atoms with Crippen molar-refractivity contribution in [2.24, 2.45) is 0 Å². The molecule has 0 aromatic heterocycles. The van der Waals surface area contributed by atoms with Gasteiger partial charge in [0.1, 0.15) is 5.75 Å². The first kappa shape index (κ1) is 9.99. The number of aromatic hydroxyl groups is 1. The molecule has 0 saturated carbocycles. The van der Waals surface area contributed by atoms with Crippen LogP contribution in [0.1, 0.15) is 30.0 Å². The van der Waals surface area contributed by atoms with Crippen LogP contribution < -0.4 is 5.32 Å². The van der Waals surface area contributed by atoms with Crippen molar-refractivity contribution in [1.82, 2.24) is 5.32 Å². The monoisotopic (exact) mass is 255 g/mol. The number of phenolic OH excluding ortho intramolecular Hbond substituents is 1. The molecular weight excluding hydrogens is 242 g/mol. The number of phenols is 1. The largest absolute Gasteiger partial charge is 0.507 e. The zero-order chi connectivity index (χ0) is 10.1. The highest BCUT2D eigenvalue weighted by Crippen LogP contribution is 2.37. The fraction of sp³-hybridized carbons (Fsp3) is 0.455. The second-order valence-corrected chi connectivity index (χ2v) is 4.63. The highest BCUT2D eigenvalue weighted by atomic mass is 79.9. The van der Waals surface area contributed by atoms with E-state index < -0.39 is 0 Å². The Morgan fingerprint density at radius 2 is 2.29 bits per heavy atom. The van der Waals surface area contributed by atoms with Crippen molar-refractivity contribution >= 4 is 15.9 Å². The van der Waals surface area contributed by atoms with Crippen molar-refractivity contribution in [3.05, 3.63) is 27.7 Å². The van der Waals surface area contributed by atoms with E-state index >= 15 is 0 Å². The van der Waals surface area contributed by atoms with E-state index in [1.54, 1.807) is 0 Å². The van der Waals surface area contributed by atoms with Gasteiger partial charge in [0.15, 0.2) is 0 Å². The lowest BCUT2D eigenvalue weighted by Crippen LogP contribution is -2.13. The molecular formula is C11H14BrNO. The van der Waals surface area contributed by atoms with E-state index in [9.17, 15) is 5.11 Å². The van der Waals surface area contributed by atoms with Crippen LogP contribution in [0.2, 0.25) is 0 Å². The standard InChI is InChI=1S/C11H14BrNO/c1-7-4-5-8(12)10(11(7)14)9-3-2-6-13-9/h4-5,9,13-14H,2-3,6H2,1H3/t9-/m0/s1. The van der Waals surface area contributed by atoms with Gasteiger partial charge in [0.25, 0.3) is 0 Å². The minimum atomic E-state index is 0.310. The molecule has 76 valence electrons. The highest BCUT2D eigenvalue weighted by molar-refractivity contribution is 9.10. The smallest absolute Gasteiger partial charge is 0.124 e. The third kappa shape index (κ3) is 1.66. The summed E-state index contributed by atoms with van der Waals surface area (Å²) in [4.78, 5) is 0. The molecule has 1 saturated heterocycles. The summed E-state index contributed by atoms with van der Waals surface area (Å²) < 4.78 is 1.00. The number of halogens is 1. The third-order valence-corrected chi connectivity index (χ3v) is 3.47. The van der Waals surface area contributed by atoms with Gasteiger partial charge < -0.3 is 10.4 Å². The van der Waals surface area contributed by atoms with Crippen molar-refractivity contribution < 1.29 is 5.11 Å². The maximum Gasteiger partial charge on any atom is 0.124 e. The Hall–Kier alpha value is -0.540. The number of aryl methyl sites for hydroxylation is 1. The van der Waals surface area contributed by atoms with Crippen LogP contribution in [0, 0.1) is 6.92 Å². The minimum absolute atomic E-state index is 0.310. The van der Waals surface area contributed by atoms with Crippen molar-refractivity contribution in [2.45, 2.75) is 25.8 Å². The van der Waals surface area contributed by atoms with Crippen molar-refractivity contribution in [2.75, 3.05) is 6.54 Å². The number of rotatable bonds is 1. The van der Waals surface area contributed by atoms with Crippen LogP contribution >= 0.6 is 15.9 Å². The predicted molar refractivity (Wildman–Crippen MR) is 60.5 cm³/mol. The zero-order valence-corrected chi connectivity index (χ0v) is 9.76. The zero-order valence-electron chi connectivity index (χ0n) is 8.18. The van der Waals surface area contributed by atoms with Gasteiger partial charge in [-0.2, -0.15) is 0 Å². The van der Waals surface area contributed by atoms with E-state index in [0.717, 1.165) is 28.6 Å². The summed E-state index contributed by atoms with van der Waals surface area (Å²) in [6.07, 6.45) is 2.29. The number of hydrogen-bond donors (Lipinski definition) is 2. The third-order valence-electron chi connectivity index (χ3n) is 2.77. The Morgan fingerprint density at radius 3 is 2.93 bits per heavy atom. The summed E-state index contributed by atoms with van der Waals surface area (Å²) >= 11 is 3.49. The maximum atomic E-state index is 9.97. The molecule has 0 aliphatic carbocycles. The van der Waals surface area contributed by atoms with Crippen LogP contribution in [0.25, 0.3) is 0 Å². The molecule has 2 N–H and O–H groups in total. The lowest BCUT2D eigenvalue weighted by atomic mass is 10.0. The molecule has 2 nitrogen and oxygen atoms in total. The Kier molecular flexibility index (Phi) is 2.79. The summed E-state index contributed by atoms with van der Waals surface area (Å²) in [5.41, 5.74) is 1.96. The summed E-state index contributed by atoms with van der Waals surface area (Å²) in [6.45, 7) is 2.98. The molecule has 2 rings (SSSR count). The SMILES string of the molecule is Cc1ccc(Br)c([C@@H]2CCCN2)c1O. The molecule has 1 aliphatic heterocycles. The van der Waals surface area contributed by atoms with Gasteiger partial charge in [0.05, 0.1) is 0 Å². The summed E-state index contributed by atoms with van der Waals surface area (Å²) in [5.74, 6) is 0.429. The number of nitrogens with one attached hydrogen (secondary N) is 1.